The van der Waals surface area contributed by atoms with E-state index in [0.717, 1.165) is 11.1 Å². The van der Waals surface area contributed by atoms with E-state index in [1.54, 1.807) is 41.3 Å². The van der Waals surface area contributed by atoms with Crippen LogP contribution in [-0.4, -0.2) is 28.3 Å². The van der Waals surface area contributed by atoms with Gasteiger partial charge in [0, 0.05) is 24.2 Å². The number of carboxylic acids is 1. The van der Waals surface area contributed by atoms with Crippen LogP contribution >= 0.6 is 11.6 Å². The van der Waals surface area contributed by atoms with Crippen LogP contribution in [0.1, 0.15) is 15.9 Å². The van der Waals surface area contributed by atoms with Crippen molar-refractivity contribution in [1.29, 1.82) is 0 Å². The maximum atomic E-state index is 10.9. The highest BCUT2D eigenvalue weighted by Crippen LogP contribution is 2.23. The van der Waals surface area contributed by atoms with Crippen LogP contribution in [0.2, 0.25) is 5.02 Å². The molecular weight excluding hydrogens is 330 g/mol. The van der Waals surface area contributed by atoms with E-state index in [1.165, 1.54) is 0 Å². The maximum Gasteiger partial charge on any atom is 0.335 e. The second kappa shape index (κ2) is 6.72. The molecule has 6 nitrogen and oxygen atoms in total. The number of anilines is 1. The molecule has 3 rings (SSSR count). The van der Waals surface area contributed by atoms with Gasteiger partial charge in [-0.3, -0.25) is 0 Å². The second-order valence-electron chi connectivity index (χ2n) is 5.25. The molecule has 0 radical (unpaired) electrons. The summed E-state index contributed by atoms with van der Waals surface area (Å²) in [6.07, 6.45) is 0. The van der Waals surface area contributed by atoms with Crippen molar-refractivity contribution in [1.82, 2.24) is 10.2 Å². The molecule has 2 aromatic carbocycles. The Kier molecular flexibility index (Phi) is 4.48. The van der Waals surface area contributed by atoms with Crippen LogP contribution in [0.5, 0.6) is 0 Å². The molecule has 7 heteroatoms. The SMILES string of the molecule is CN(Cc1ccc(C(=O)O)cc1)c1nnc(-c2ccc(Cl)cc2)o1. The Bertz CT molecular complexity index is 844. The van der Waals surface area contributed by atoms with Crippen molar-refractivity contribution < 1.29 is 14.3 Å². The van der Waals surface area contributed by atoms with Crippen LogP contribution in [0.3, 0.4) is 0 Å². The predicted octanol–water partition coefficient (Wildman–Crippen LogP) is 3.72. The highest BCUT2D eigenvalue weighted by molar-refractivity contribution is 6.30. The van der Waals surface area contributed by atoms with Crippen molar-refractivity contribution in [3.63, 3.8) is 0 Å². The van der Waals surface area contributed by atoms with Crippen LogP contribution in [0.25, 0.3) is 11.5 Å². The first-order valence-electron chi connectivity index (χ1n) is 7.16. The molecule has 0 atom stereocenters. The minimum atomic E-state index is -0.945. The van der Waals surface area contributed by atoms with Crippen molar-refractivity contribution in [3.8, 4) is 11.5 Å². The smallest absolute Gasteiger partial charge is 0.335 e. The number of hydrogen-bond acceptors (Lipinski definition) is 5. The zero-order valence-electron chi connectivity index (χ0n) is 12.8. The first-order chi connectivity index (χ1) is 11.5. The molecule has 0 bridgehead atoms. The summed E-state index contributed by atoms with van der Waals surface area (Å²) in [5.41, 5.74) is 1.98. The van der Waals surface area contributed by atoms with Crippen LogP contribution < -0.4 is 4.90 Å². The normalized spacial score (nSPS) is 10.6. The van der Waals surface area contributed by atoms with Crippen LogP contribution in [-0.2, 0) is 6.54 Å². The Balaban J connectivity index is 1.72. The summed E-state index contributed by atoms with van der Waals surface area (Å²) in [7, 11) is 1.82. The molecule has 0 aliphatic heterocycles. The molecule has 0 spiro atoms. The first kappa shape index (κ1) is 16.0. The third-order valence-corrected chi connectivity index (χ3v) is 3.70. The molecule has 1 N–H and O–H groups in total. The largest absolute Gasteiger partial charge is 0.478 e. The lowest BCUT2D eigenvalue weighted by Crippen LogP contribution is -2.16. The van der Waals surface area contributed by atoms with Crippen molar-refractivity contribution in [3.05, 3.63) is 64.7 Å². The minimum Gasteiger partial charge on any atom is -0.478 e. The average Bonchev–Trinajstić information content (AvgIpc) is 3.06. The molecule has 1 aromatic heterocycles. The van der Waals surface area contributed by atoms with E-state index in [1.807, 2.05) is 19.2 Å². The summed E-state index contributed by atoms with van der Waals surface area (Å²) < 4.78 is 5.67. The van der Waals surface area contributed by atoms with Gasteiger partial charge in [0.1, 0.15) is 0 Å². The number of carboxylic acid groups (broad SMARTS) is 1. The highest BCUT2D eigenvalue weighted by Gasteiger charge is 2.13. The van der Waals surface area contributed by atoms with Gasteiger partial charge in [0.05, 0.1) is 5.56 Å². The quantitative estimate of drug-likeness (QED) is 0.760. The zero-order chi connectivity index (χ0) is 17.1. The number of hydrogen-bond donors (Lipinski definition) is 1. The maximum absolute atomic E-state index is 10.9. The lowest BCUT2D eigenvalue weighted by molar-refractivity contribution is 0.0697. The fourth-order valence-electron chi connectivity index (χ4n) is 2.17. The van der Waals surface area contributed by atoms with E-state index < -0.39 is 5.97 Å². The van der Waals surface area contributed by atoms with Gasteiger partial charge in [0.2, 0.25) is 5.89 Å². The minimum absolute atomic E-state index is 0.254. The molecule has 0 aliphatic rings. The number of rotatable bonds is 5. The summed E-state index contributed by atoms with van der Waals surface area (Å²) in [6, 6.07) is 14.2. The Morgan fingerprint density at radius 2 is 1.79 bits per heavy atom. The Morgan fingerprint density at radius 1 is 1.12 bits per heavy atom. The number of carbonyl (C=O) groups is 1. The third-order valence-electron chi connectivity index (χ3n) is 3.45. The van der Waals surface area contributed by atoms with Crippen molar-refractivity contribution in [2.75, 3.05) is 11.9 Å². The van der Waals surface area contributed by atoms with E-state index >= 15 is 0 Å². The monoisotopic (exact) mass is 343 g/mol. The van der Waals surface area contributed by atoms with E-state index in [0.29, 0.717) is 23.5 Å². The van der Waals surface area contributed by atoms with Gasteiger partial charge in [-0.25, -0.2) is 4.79 Å². The number of aromatic nitrogens is 2. The predicted molar refractivity (Wildman–Crippen MR) is 90.3 cm³/mol. The molecular formula is C17H14ClN3O3. The Morgan fingerprint density at radius 3 is 2.42 bits per heavy atom. The van der Waals surface area contributed by atoms with E-state index in [4.69, 9.17) is 21.1 Å². The van der Waals surface area contributed by atoms with Crippen LogP contribution in [0.4, 0.5) is 6.01 Å². The molecule has 0 amide bonds. The van der Waals surface area contributed by atoms with Crippen LogP contribution in [0, 0.1) is 0 Å². The molecule has 1 heterocycles. The van der Waals surface area contributed by atoms with Gasteiger partial charge in [-0.1, -0.05) is 28.8 Å². The first-order valence-corrected chi connectivity index (χ1v) is 7.53. The summed E-state index contributed by atoms with van der Waals surface area (Å²) in [4.78, 5) is 12.7. The highest BCUT2D eigenvalue weighted by atomic mass is 35.5. The van der Waals surface area contributed by atoms with Gasteiger partial charge in [-0.2, -0.15) is 0 Å². The standard InChI is InChI=1S/C17H14ClN3O3/c1-21(10-11-2-4-13(5-3-11)16(22)23)17-20-19-15(24-17)12-6-8-14(18)9-7-12/h2-9H,10H2,1H3,(H,22,23). The lowest BCUT2D eigenvalue weighted by Gasteiger charge is -2.13. The molecule has 0 saturated carbocycles. The van der Waals surface area contributed by atoms with Crippen molar-refractivity contribution >= 4 is 23.6 Å². The molecule has 122 valence electrons. The van der Waals surface area contributed by atoms with Gasteiger partial charge in [0.15, 0.2) is 0 Å². The molecule has 0 aliphatic carbocycles. The topological polar surface area (TPSA) is 79.5 Å². The van der Waals surface area contributed by atoms with E-state index in [-0.39, 0.29) is 5.56 Å². The van der Waals surface area contributed by atoms with Gasteiger partial charge in [-0.15, -0.1) is 5.10 Å². The molecule has 0 unspecified atom stereocenters. The van der Waals surface area contributed by atoms with E-state index in [9.17, 15) is 4.79 Å². The van der Waals surface area contributed by atoms with Gasteiger partial charge in [0.25, 0.3) is 0 Å². The molecule has 0 fully saturated rings. The van der Waals surface area contributed by atoms with E-state index in [2.05, 4.69) is 10.2 Å². The number of aromatic carboxylic acids is 1. The lowest BCUT2D eigenvalue weighted by atomic mass is 10.1. The van der Waals surface area contributed by atoms with Crippen molar-refractivity contribution in [2.45, 2.75) is 6.54 Å². The number of nitrogens with zero attached hydrogens (tertiary/aromatic N) is 3. The fourth-order valence-corrected chi connectivity index (χ4v) is 2.30. The molecule has 24 heavy (non-hydrogen) atoms. The van der Waals surface area contributed by atoms with Gasteiger partial charge < -0.3 is 14.4 Å². The fraction of sp³-hybridized carbons (Fsp3) is 0.118. The Hall–Kier alpha value is -2.86. The number of halogens is 1. The third kappa shape index (κ3) is 3.55. The van der Waals surface area contributed by atoms with Gasteiger partial charge >= 0.3 is 12.0 Å². The average molecular weight is 344 g/mol. The zero-order valence-corrected chi connectivity index (χ0v) is 13.6. The summed E-state index contributed by atoms with van der Waals surface area (Å²) in [6.45, 7) is 0.516. The van der Waals surface area contributed by atoms with Crippen LogP contribution in [0.15, 0.2) is 52.9 Å². The number of benzene rings is 2. The Labute approximate surface area is 143 Å². The van der Waals surface area contributed by atoms with Crippen molar-refractivity contribution in [2.24, 2.45) is 0 Å². The second-order valence-corrected chi connectivity index (χ2v) is 5.69. The van der Waals surface area contributed by atoms with Gasteiger partial charge in [-0.05, 0) is 42.0 Å². The summed E-state index contributed by atoms with van der Waals surface area (Å²) >= 11 is 5.86. The summed E-state index contributed by atoms with van der Waals surface area (Å²) in [5.74, 6) is -0.533. The summed E-state index contributed by atoms with van der Waals surface area (Å²) in [5, 5.41) is 17.6. The molecule has 0 saturated heterocycles. The molecule has 3 aromatic rings.